The van der Waals surface area contributed by atoms with Gasteiger partial charge in [-0.15, -0.1) is 0 Å². The fraction of sp³-hybridized carbons (Fsp3) is 0.286. The van der Waals surface area contributed by atoms with Crippen molar-refractivity contribution < 1.29 is 8.42 Å². The lowest BCUT2D eigenvalue weighted by Crippen LogP contribution is -2.37. The molecule has 0 spiro atoms. The molecule has 4 rings (SSSR count). The number of nitrogen functional groups attached to an aromatic ring is 1. The summed E-state index contributed by atoms with van der Waals surface area (Å²) in [4.78, 5) is 8.92. The predicted molar refractivity (Wildman–Crippen MR) is 84.7 cm³/mol. The molecular weight excluding hydrogens is 302 g/mol. The SMILES string of the molecule is CS(=O)(=O)N1CCn2c(nc3c(N)nc4ccccc4c32)C1. The number of anilines is 1. The van der Waals surface area contributed by atoms with E-state index in [1.54, 1.807) is 0 Å². The van der Waals surface area contributed by atoms with Gasteiger partial charge in [0.15, 0.2) is 5.82 Å². The van der Waals surface area contributed by atoms with Crippen molar-refractivity contribution in [1.29, 1.82) is 0 Å². The van der Waals surface area contributed by atoms with Crippen LogP contribution in [0.1, 0.15) is 5.82 Å². The lowest BCUT2D eigenvalue weighted by atomic mass is 10.2. The Kier molecular flexibility index (Phi) is 2.70. The van der Waals surface area contributed by atoms with Gasteiger partial charge in [-0.1, -0.05) is 18.2 Å². The molecule has 1 aromatic carbocycles. The van der Waals surface area contributed by atoms with Crippen LogP contribution in [0.25, 0.3) is 21.9 Å². The Bertz CT molecular complexity index is 1010. The summed E-state index contributed by atoms with van der Waals surface area (Å²) >= 11 is 0. The minimum absolute atomic E-state index is 0.265. The number of benzene rings is 1. The van der Waals surface area contributed by atoms with Crippen LogP contribution in [0.4, 0.5) is 5.82 Å². The van der Waals surface area contributed by atoms with Crippen molar-refractivity contribution in [3.8, 4) is 0 Å². The molecule has 0 saturated carbocycles. The summed E-state index contributed by atoms with van der Waals surface area (Å²) in [6.07, 6.45) is 1.22. The fourth-order valence-electron chi connectivity index (χ4n) is 3.00. The number of imidazole rings is 1. The van der Waals surface area contributed by atoms with E-state index in [9.17, 15) is 8.42 Å². The van der Waals surface area contributed by atoms with Gasteiger partial charge in [-0.2, -0.15) is 4.31 Å². The Balaban J connectivity index is 2.01. The van der Waals surface area contributed by atoms with Crippen LogP contribution in [-0.2, 0) is 23.1 Å². The third-order valence-electron chi connectivity index (χ3n) is 4.05. The van der Waals surface area contributed by atoms with E-state index in [2.05, 4.69) is 14.5 Å². The van der Waals surface area contributed by atoms with Gasteiger partial charge in [0.25, 0.3) is 0 Å². The molecule has 0 radical (unpaired) electrons. The van der Waals surface area contributed by atoms with E-state index < -0.39 is 10.0 Å². The lowest BCUT2D eigenvalue weighted by molar-refractivity contribution is 0.341. The van der Waals surface area contributed by atoms with Crippen LogP contribution >= 0.6 is 0 Å². The summed E-state index contributed by atoms with van der Waals surface area (Å²) in [5.41, 5.74) is 8.44. The standard InChI is InChI=1S/C14H15N5O2S/c1-22(20,21)18-6-7-19-11(8-18)17-12-13(19)9-4-2-3-5-10(9)16-14(12)15/h2-5H,6-8H2,1H3,(H2,15,16). The minimum atomic E-state index is -3.23. The molecule has 0 amide bonds. The summed E-state index contributed by atoms with van der Waals surface area (Å²) in [6.45, 7) is 1.27. The minimum Gasteiger partial charge on any atom is -0.382 e. The zero-order valence-corrected chi connectivity index (χ0v) is 12.8. The predicted octanol–water partition coefficient (Wildman–Crippen LogP) is 0.942. The number of hydrogen-bond acceptors (Lipinski definition) is 5. The Hall–Kier alpha value is -2.19. The van der Waals surface area contributed by atoms with E-state index in [-0.39, 0.29) is 6.54 Å². The largest absolute Gasteiger partial charge is 0.382 e. The molecule has 0 saturated heterocycles. The number of para-hydroxylation sites is 1. The molecule has 2 aromatic heterocycles. The van der Waals surface area contributed by atoms with Gasteiger partial charge in [0.1, 0.15) is 11.3 Å². The summed E-state index contributed by atoms with van der Waals surface area (Å²) < 4.78 is 27.0. The molecule has 8 heteroatoms. The molecule has 3 heterocycles. The highest BCUT2D eigenvalue weighted by Gasteiger charge is 2.27. The van der Waals surface area contributed by atoms with Gasteiger partial charge in [-0.25, -0.2) is 18.4 Å². The molecule has 1 aliphatic rings. The van der Waals surface area contributed by atoms with E-state index >= 15 is 0 Å². The first kappa shape index (κ1) is 13.5. The second-order valence-corrected chi connectivity index (χ2v) is 7.47. The Labute approximate surface area is 127 Å². The molecule has 0 aliphatic carbocycles. The van der Waals surface area contributed by atoms with Gasteiger partial charge in [-0.05, 0) is 6.07 Å². The molecule has 1 aliphatic heterocycles. The van der Waals surface area contributed by atoms with Gasteiger partial charge < -0.3 is 10.3 Å². The highest BCUT2D eigenvalue weighted by Crippen LogP contribution is 2.30. The van der Waals surface area contributed by atoms with Crippen LogP contribution in [0, 0.1) is 0 Å². The van der Waals surface area contributed by atoms with Crippen molar-refractivity contribution >= 4 is 37.8 Å². The number of sulfonamides is 1. The monoisotopic (exact) mass is 317 g/mol. The third-order valence-corrected chi connectivity index (χ3v) is 5.30. The highest BCUT2D eigenvalue weighted by atomic mass is 32.2. The zero-order valence-electron chi connectivity index (χ0n) is 12.0. The van der Waals surface area contributed by atoms with Crippen LogP contribution in [0.2, 0.25) is 0 Å². The van der Waals surface area contributed by atoms with Crippen molar-refractivity contribution in [2.45, 2.75) is 13.1 Å². The first-order chi connectivity index (χ1) is 10.4. The molecule has 3 aromatic rings. The van der Waals surface area contributed by atoms with Crippen LogP contribution in [0.5, 0.6) is 0 Å². The molecular formula is C14H15N5O2S. The normalized spacial score (nSPS) is 16.2. The average molecular weight is 317 g/mol. The number of pyridine rings is 1. The van der Waals surface area contributed by atoms with Crippen molar-refractivity contribution in [3.63, 3.8) is 0 Å². The lowest BCUT2D eigenvalue weighted by Gasteiger charge is -2.25. The van der Waals surface area contributed by atoms with Crippen molar-refractivity contribution in [1.82, 2.24) is 18.8 Å². The Morgan fingerprint density at radius 1 is 1.18 bits per heavy atom. The van der Waals surface area contributed by atoms with E-state index in [1.165, 1.54) is 10.6 Å². The quantitative estimate of drug-likeness (QED) is 0.721. The number of rotatable bonds is 1. The summed E-state index contributed by atoms with van der Waals surface area (Å²) in [6, 6.07) is 7.77. The highest BCUT2D eigenvalue weighted by molar-refractivity contribution is 7.88. The molecule has 0 fully saturated rings. The van der Waals surface area contributed by atoms with E-state index in [1.807, 2.05) is 24.3 Å². The first-order valence-electron chi connectivity index (χ1n) is 6.93. The fourth-order valence-corrected chi connectivity index (χ4v) is 3.76. The average Bonchev–Trinajstić information content (AvgIpc) is 2.86. The van der Waals surface area contributed by atoms with Gasteiger partial charge >= 0.3 is 0 Å². The van der Waals surface area contributed by atoms with Crippen molar-refractivity contribution in [2.75, 3.05) is 18.5 Å². The Morgan fingerprint density at radius 3 is 2.73 bits per heavy atom. The van der Waals surface area contributed by atoms with Crippen molar-refractivity contribution in [3.05, 3.63) is 30.1 Å². The Morgan fingerprint density at radius 2 is 1.95 bits per heavy atom. The molecule has 0 bridgehead atoms. The topological polar surface area (TPSA) is 94.1 Å². The smallest absolute Gasteiger partial charge is 0.211 e. The van der Waals surface area contributed by atoms with Crippen LogP contribution in [-0.4, -0.2) is 40.1 Å². The number of nitrogens with two attached hydrogens (primary N) is 1. The van der Waals surface area contributed by atoms with Gasteiger partial charge in [0.2, 0.25) is 10.0 Å². The molecule has 22 heavy (non-hydrogen) atoms. The summed E-state index contributed by atoms with van der Waals surface area (Å²) in [5.74, 6) is 1.08. The van der Waals surface area contributed by atoms with Gasteiger partial charge in [0, 0.05) is 18.5 Å². The van der Waals surface area contributed by atoms with E-state index in [4.69, 9.17) is 5.73 Å². The van der Waals surface area contributed by atoms with Crippen LogP contribution < -0.4 is 5.73 Å². The van der Waals surface area contributed by atoms with Gasteiger partial charge in [-0.3, -0.25) is 0 Å². The molecule has 0 unspecified atom stereocenters. The number of aromatic nitrogens is 3. The number of fused-ring (bicyclic) bond motifs is 5. The van der Waals surface area contributed by atoms with Gasteiger partial charge in [0.05, 0.1) is 23.8 Å². The maximum absolute atomic E-state index is 11.7. The second kappa shape index (κ2) is 4.40. The number of nitrogens with zero attached hydrogens (tertiary/aromatic N) is 4. The van der Waals surface area contributed by atoms with Crippen LogP contribution in [0.15, 0.2) is 24.3 Å². The molecule has 0 atom stereocenters. The van der Waals surface area contributed by atoms with E-state index in [0.29, 0.717) is 30.2 Å². The summed E-state index contributed by atoms with van der Waals surface area (Å²) in [5, 5.41) is 0.984. The summed E-state index contributed by atoms with van der Waals surface area (Å²) in [7, 11) is -3.23. The maximum Gasteiger partial charge on any atom is 0.211 e. The zero-order chi connectivity index (χ0) is 15.5. The van der Waals surface area contributed by atoms with E-state index in [0.717, 1.165) is 16.4 Å². The first-order valence-corrected chi connectivity index (χ1v) is 8.78. The van der Waals surface area contributed by atoms with Crippen LogP contribution in [0.3, 0.4) is 0 Å². The maximum atomic E-state index is 11.7. The number of hydrogen-bond donors (Lipinski definition) is 1. The molecule has 114 valence electrons. The van der Waals surface area contributed by atoms with Crippen molar-refractivity contribution in [2.24, 2.45) is 0 Å². The molecule has 2 N–H and O–H groups in total. The third kappa shape index (κ3) is 1.87. The molecule has 7 nitrogen and oxygen atoms in total. The second-order valence-electron chi connectivity index (χ2n) is 5.49.